The smallest absolute Gasteiger partial charge is 0.236 e. The second-order valence-corrected chi connectivity index (χ2v) is 4.42. The Morgan fingerprint density at radius 3 is 2.82 bits per heavy atom. The molecule has 5 nitrogen and oxygen atoms in total. The van der Waals surface area contributed by atoms with Gasteiger partial charge in [0, 0.05) is 26.7 Å². The van der Waals surface area contributed by atoms with Crippen LogP contribution in [0, 0.1) is 0 Å². The molecule has 1 aliphatic rings. The van der Waals surface area contributed by atoms with Crippen LogP contribution in [0.15, 0.2) is 18.2 Å². The summed E-state index contributed by atoms with van der Waals surface area (Å²) in [6.07, 6.45) is 0. The first-order valence-corrected chi connectivity index (χ1v) is 5.60. The number of nitrogens with zero attached hydrogens (tertiary/aromatic N) is 2. The molecule has 0 bridgehead atoms. The highest BCUT2D eigenvalue weighted by molar-refractivity contribution is 5.78. The molecule has 0 spiro atoms. The van der Waals surface area contributed by atoms with E-state index < -0.39 is 0 Å². The Morgan fingerprint density at radius 2 is 2.18 bits per heavy atom. The number of benzene rings is 1. The van der Waals surface area contributed by atoms with Crippen LogP contribution < -0.4 is 5.73 Å². The highest BCUT2D eigenvalue weighted by Gasteiger charge is 2.20. The van der Waals surface area contributed by atoms with Gasteiger partial charge in [-0.2, -0.15) is 0 Å². The number of aromatic hydroxyl groups is 1. The number of piperazine rings is 1. The van der Waals surface area contributed by atoms with Gasteiger partial charge in [-0.25, -0.2) is 0 Å². The third kappa shape index (κ3) is 2.68. The van der Waals surface area contributed by atoms with Crippen LogP contribution in [0.25, 0.3) is 0 Å². The van der Waals surface area contributed by atoms with Crippen LogP contribution in [0.2, 0.25) is 0 Å². The van der Waals surface area contributed by atoms with Gasteiger partial charge >= 0.3 is 0 Å². The van der Waals surface area contributed by atoms with Crippen molar-refractivity contribution in [3.63, 3.8) is 0 Å². The number of hydrogen-bond acceptors (Lipinski definition) is 4. The monoisotopic (exact) mass is 235 g/mol. The third-order valence-corrected chi connectivity index (χ3v) is 3.03. The molecular formula is C12H17N3O2. The van der Waals surface area contributed by atoms with Crippen molar-refractivity contribution in [1.82, 2.24) is 9.80 Å². The lowest BCUT2D eigenvalue weighted by molar-refractivity contribution is -0.134. The van der Waals surface area contributed by atoms with Crippen molar-refractivity contribution in [3.8, 4) is 5.75 Å². The van der Waals surface area contributed by atoms with Crippen molar-refractivity contribution in [2.75, 3.05) is 32.4 Å². The van der Waals surface area contributed by atoms with E-state index >= 15 is 0 Å². The van der Waals surface area contributed by atoms with Gasteiger partial charge in [0.1, 0.15) is 5.75 Å². The Morgan fingerprint density at radius 1 is 1.41 bits per heavy atom. The maximum Gasteiger partial charge on any atom is 0.236 e. The molecule has 1 aliphatic heterocycles. The molecule has 1 amide bonds. The van der Waals surface area contributed by atoms with E-state index in [2.05, 4.69) is 4.90 Å². The third-order valence-electron chi connectivity index (χ3n) is 3.03. The van der Waals surface area contributed by atoms with Crippen molar-refractivity contribution in [2.45, 2.75) is 6.54 Å². The van der Waals surface area contributed by atoms with Gasteiger partial charge in [0.25, 0.3) is 0 Å². The van der Waals surface area contributed by atoms with Gasteiger partial charge in [-0.05, 0) is 17.7 Å². The molecule has 0 radical (unpaired) electrons. The highest BCUT2D eigenvalue weighted by atomic mass is 16.3. The zero-order chi connectivity index (χ0) is 12.4. The number of rotatable bonds is 2. The Labute approximate surface area is 100 Å². The van der Waals surface area contributed by atoms with Crippen molar-refractivity contribution in [2.24, 2.45) is 0 Å². The predicted molar refractivity (Wildman–Crippen MR) is 65.4 cm³/mol. The van der Waals surface area contributed by atoms with Gasteiger partial charge in [0.2, 0.25) is 5.91 Å². The molecule has 0 aliphatic carbocycles. The maximum absolute atomic E-state index is 11.5. The standard InChI is InChI=1S/C12H17N3O2/c1-14-4-5-15(8-12(14)17)7-9-2-3-11(16)10(13)6-9/h2-3,6,16H,4-5,7-8,13H2,1H3. The van der Waals surface area contributed by atoms with Crippen molar-refractivity contribution >= 4 is 11.6 Å². The number of hydrogen-bond donors (Lipinski definition) is 2. The molecule has 2 rings (SSSR count). The first kappa shape index (κ1) is 11.7. The quantitative estimate of drug-likeness (QED) is 0.569. The molecule has 17 heavy (non-hydrogen) atoms. The van der Waals surface area contributed by atoms with E-state index in [1.165, 1.54) is 0 Å². The fourth-order valence-corrected chi connectivity index (χ4v) is 1.90. The Kier molecular flexibility index (Phi) is 3.19. The largest absolute Gasteiger partial charge is 0.506 e. The first-order chi connectivity index (χ1) is 8.06. The fraction of sp³-hybridized carbons (Fsp3) is 0.417. The zero-order valence-electron chi connectivity index (χ0n) is 9.89. The lowest BCUT2D eigenvalue weighted by atomic mass is 10.1. The van der Waals surface area contributed by atoms with Gasteiger partial charge in [-0.1, -0.05) is 6.07 Å². The van der Waals surface area contributed by atoms with E-state index in [1.54, 1.807) is 17.0 Å². The molecule has 1 aromatic rings. The highest BCUT2D eigenvalue weighted by Crippen LogP contribution is 2.21. The lowest BCUT2D eigenvalue weighted by Crippen LogP contribution is -2.47. The zero-order valence-corrected chi connectivity index (χ0v) is 9.89. The van der Waals surface area contributed by atoms with Crippen molar-refractivity contribution < 1.29 is 9.90 Å². The number of anilines is 1. The molecule has 92 valence electrons. The molecule has 0 aromatic heterocycles. The van der Waals surface area contributed by atoms with Gasteiger partial charge < -0.3 is 15.7 Å². The van der Waals surface area contributed by atoms with Crippen LogP contribution in [-0.2, 0) is 11.3 Å². The summed E-state index contributed by atoms with van der Waals surface area (Å²) in [6.45, 7) is 2.75. The van der Waals surface area contributed by atoms with Gasteiger partial charge in [0.05, 0.1) is 12.2 Å². The molecule has 1 heterocycles. The van der Waals surface area contributed by atoms with E-state index in [4.69, 9.17) is 5.73 Å². The first-order valence-electron chi connectivity index (χ1n) is 5.60. The average Bonchev–Trinajstić information content (AvgIpc) is 2.29. The summed E-state index contributed by atoms with van der Waals surface area (Å²) in [5.41, 5.74) is 7.02. The fourth-order valence-electron chi connectivity index (χ4n) is 1.90. The van der Waals surface area contributed by atoms with E-state index in [-0.39, 0.29) is 11.7 Å². The molecular weight excluding hydrogens is 218 g/mol. The molecule has 0 saturated carbocycles. The van der Waals surface area contributed by atoms with Gasteiger partial charge in [-0.15, -0.1) is 0 Å². The van der Waals surface area contributed by atoms with Crippen LogP contribution in [0.1, 0.15) is 5.56 Å². The molecule has 1 aromatic carbocycles. The van der Waals surface area contributed by atoms with E-state index in [0.717, 1.165) is 18.7 Å². The normalized spacial score (nSPS) is 17.5. The topological polar surface area (TPSA) is 69.8 Å². The van der Waals surface area contributed by atoms with Gasteiger partial charge in [0.15, 0.2) is 0 Å². The summed E-state index contributed by atoms with van der Waals surface area (Å²) < 4.78 is 0. The number of likely N-dealkylation sites (N-methyl/N-ethyl adjacent to an activating group) is 1. The summed E-state index contributed by atoms with van der Waals surface area (Å²) in [7, 11) is 1.82. The predicted octanol–water partition coefficient (Wildman–Crippen LogP) is 0.248. The number of nitrogen functional groups attached to an aromatic ring is 1. The van der Waals surface area contributed by atoms with E-state index in [1.807, 2.05) is 13.1 Å². The molecule has 1 fully saturated rings. The summed E-state index contributed by atoms with van der Waals surface area (Å²) in [5, 5.41) is 9.33. The Hall–Kier alpha value is -1.75. The number of phenolic OH excluding ortho intramolecular Hbond substituents is 1. The lowest BCUT2D eigenvalue weighted by Gasteiger charge is -2.31. The number of carbonyl (C=O) groups excluding carboxylic acids is 1. The van der Waals surface area contributed by atoms with Crippen LogP contribution >= 0.6 is 0 Å². The summed E-state index contributed by atoms with van der Waals surface area (Å²) in [5.74, 6) is 0.242. The number of phenols is 1. The molecule has 5 heteroatoms. The second-order valence-electron chi connectivity index (χ2n) is 4.42. The Balaban J connectivity index is 2.01. The van der Waals surface area contributed by atoms with Crippen LogP contribution in [-0.4, -0.2) is 47.5 Å². The van der Waals surface area contributed by atoms with Crippen LogP contribution in [0.3, 0.4) is 0 Å². The second kappa shape index (κ2) is 4.63. The summed E-state index contributed by atoms with van der Waals surface area (Å²) >= 11 is 0. The molecule has 0 atom stereocenters. The molecule has 0 unspecified atom stereocenters. The minimum absolute atomic E-state index is 0.100. The number of carbonyl (C=O) groups is 1. The van der Waals surface area contributed by atoms with E-state index in [9.17, 15) is 9.90 Å². The van der Waals surface area contributed by atoms with Crippen molar-refractivity contribution in [3.05, 3.63) is 23.8 Å². The summed E-state index contributed by atoms with van der Waals surface area (Å²) in [6, 6.07) is 5.16. The number of amides is 1. The minimum Gasteiger partial charge on any atom is -0.506 e. The Bertz CT molecular complexity index is 434. The summed E-state index contributed by atoms with van der Waals surface area (Å²) in [4.78, 5) is 15.4. The van der Waals surface area contributed by atoms with E-state index in [0.29, 0.717) is 18.8 Å². The minimum atomic E-state index is 0.100. The van der Waals surface area contributed by atoms with Gasteiger partial charge in [-0.3, -0.25) is 9.69 Å². The van der Waals surface area contributed by atoms with Crippen molar-refractivity contribution in [1.29, 1.82) is 0 Å². The SMILES string of the molecule is CN1CCN(Cc2ccc(O)c(N)c2)CC1=O. The maximum atomic E-state index is 11.5. The van der Waals surface area contributed by atoms with Crippen LogP contribution in [0.5, 0.6) is 5.75 Å². The molecule has 3 N–H and O–H groups in total. The number of nitrogens with two attached hydrogens (primary N) is 1. The molecule has 1 saturated heterocycles. The van der Waals surface area contributed by atoms with Crippen LogP contribution in [0.4, 0.5) is 5.69 Å². The average molecular weight is 235 g/mol.